The zero-order chi connectivity index (χ0) is 8.10. The van der Waals surface area contributed by atoms with Gasteiger partial charge < -0.3 is 4.74 Å². The molecule has 0 aromatic rings. The fraction of sp³-hybridized carbons (Fsp3) is 0.600. The maximum absolute atomic E-state index is 5.36. The first-order valence-electron chi connectivity index (χ1n) is 4.27. The van der Waals surface area contributed by atoms with Gasteiger partial charge >= 0.3 is 0 Å². The monoisotopic (exact) mass is 152 g/mol. The quantitative estimate of drug-likeness (QED) is 0.565. The Kier molecular flexibility index (Phi) is 3.37. The number of hydrogen-bond acceptors (Lipinski definition) is 1. The molecule has 1 heterocycles. The summed E-state index contributed by atoms with van der Waals surface area (Å²) in [4.78, 5) is 0. The van der Waals surface area contributed by atoms with Gasteiger partial charge in [0.2, 0.25) is 0 Å². The van der Waals surface area contributed by atoms with E-state index in [1.165, 1.54) is 5.57 Å². The summed E-state index contributed by atoms with van der Waals surface area (Å²) < 4.78 is 5.36. The Morgan fingerprint density at radius 3 is 3.00 bits per heavy atom. The van der Waals surface area contributed by atoms with Gasteiger partial charge in [0, 0.05) is 0 Å². The van der Waals surface area contributed by atoms with Gasteiger partial charge in [0.25, 0.3) is 0 Å². The maximum Gasteiger partial charge on any atom is 0.0679 e. The summed E-state index contributed by atoms with van der Waals surface area (Å²) >= 11 is 0. The van der Waals surface area contributed by atoms with Crippen LogP contribution in [0.15, 0.2) is 23.8 Å². The first-order chi connectivity index (χ1) is 5.38. The molecule has 0 saturated heterocycles. The summed E-state index contributed by atoms with van der Waals surface area (Å²) in [5.74, 6) is 0. The number of ether oxygens (including phenoxy) is 1. The summed E-state index contributed by atoms with van der Waals surface area (Å²) in [5.41, 5.74) is 3.03. The van der Waals surface area contributed by atoms with E-state index in [0.717, 1.165) is 32.5 Å². The minimum absolute atomic E-state index is 0.847. The minimum Gasteiger partial charge on any atom is -0.377 e. The van der Waals surface area contributed by atoms with Crippen molar-refractivity contribution in [2.45, 2.75) is 26.2 Å². The molecule has 1 aliphatic rings. The van der Waals surface area contributed by atoms with E-state index in [-0.39, 0.29) is 0 Å². The molecule has 0 amide bonds. The van der Waals surface area contributed by atoms with Crippen molar-refractivity contribution < 1.29 is 4.74 Å². The van der Waals surface area contributed by atoms with E-state index in [1.54, 1.807) is 5.57 Å². The highest BCUT2D eigenvalue weighted by molar-refractivity contribution is 5.18. The van der Waals surface area contributed by atoms with Gasteiger partial charge in [-0.05, 0) is 24.8 Å². The number of rotatable bonds is 3. The van der Waals surface area contributed by atoms with Crippen molar-refractivity contribution in [1.29, 1.82) is 0 Å². The van der Waals surface area contributed by atoms with Crippen molar-refractivity contribution in [3.8, 4) is 0 Å². The molecule has 62 valence electrons. The van der Waals surface area contributed by atoms with E-state index in [4.69, 9.17) is 4.74 Å². The molecule has 0 N–H and O–H groups in total. The summed E-state index contributed by atoms with van der Waals surface area (Å²) in [6.07, 6.45) is 5.27. The molecule has 0 radical (unpaired) electrons. The molecule has 1 heteroatoms. The fourth-order valence-electron chi connectivity index (χ4n) is 1.44. The Morgan fingerprint density at radius 2 is 2.36 bits per heavy atom. The van der Waals surface area contributed by atoms with Crippen molar-refractivity contribution in [3.63, 3.8) is 0 Å². The van der Waals surface area contributed by atoms with E-state index in [2.05, 4.69) is 13.5 Å². The van der Waals surface area contributed by atoms with Crippen LogP contribution in [-0.2, 0) is 4.74 Å². The minimum atomic E-state index is 0.847. The average Bonchev–Trinajstić information content (AvgIpc) is 2.06. The fourth-order valence-corrected chi connectivity index (χ4v) is 1.44. The molecule has 0 atom stereocenters. The van der Waals surface area contributed by atoms with Gasteiger partial charge in [0.1, 0.15) is 0 Å². The lowest BCUT2D eigenvalue weighted by atomic mass is 9.99. The van der Waals surface area contributed by atoms with Crippen LogP contribution >= 0.6 is 0 Å². The lowest BCUT2D eigenvalue weighted by Crippen LogP contribution is -2.10. The molecule has 0 saturated carbocycles. The third kappa shape index (κ3) is 2.19. The van der Waals surface area contributed by atoms with Gasteiger partial charge in [-0.25, -0.2) is 0 Å². The molecular formula is C10H16O. The lowest BCUT2D eigenvalue weighted by molar-refractivity contribution is 0.143. The second-order valence-corrected chi connectivity index (χ2v) is 2.86. The second-order valence-electron chi connectivity index (χ2n) is 2.86. The molecule has 1 aliphatic heterocycles. The molecule has 0 unspecified atom stereocenters. The molecule has 1 rings (SSSR count). The van der Waals surface area contributed by atoms with E-state index in [9.17, 15) is 0 Å². The van der Waals surface area contributed by atoms with Gasteiger partial charge in [-0.2, -0.15) is 0 Å². The number of allylic oxidation sites excluding steroid dienone is 1. The summed E-state index contributed by atoms with van der Waals surface area (Å²) in [7, 11) is 0. The van der Waals surface area contributed by atoms with Crippen LogP contribution in [-0.4, -0.2) is 13.2 Å². The maximum atomic E-state index is 5.36. The van der Waals surface area contributed by atoms with Crippen molar-refractivity contribution >= 4 is 0 Å². The van der Waals surface area contributed by atoms with Crippen molar-refractivity contribution in [2.75, 3.05) is 13.2 Å². The SMILES string of the molecule is C=CCC1=C(CC)COCC1. The molecule has 0 aliphatic carbocycles. The van der Waals surface area contributed by atoms with Gasteiger partial charge in [0.15, 0.2) is 0 Å². The van der Waals surface area contributed by atoms with Crippen molar-refractivity contribution in [3.05, 3.63) is 23.8 Å². The predicted molar refractivity (Wildman–Crippen MR) is 47.6 cm³/mol. The van der Waals surface area contributed by atoms with E-state index < -0.39 is 0 Å². The third-order valence-corrected chi connectivity index (χ3v) is 2.14. The van der Waals surface area contributed by atoms with Gasteiger partial charge in [-0.3, -0.25) is 0 Å². The van der Waals surface area contributed by atoms with Crippen LogP contribution in [0.2, 0.25) is 0 Å². The smallest absolute Gasteiger partial charge is 0.0679 e. The Labute approximate surface area is 68.8 Å². The average molecular weight is 152 g/mol. The highest BCUT2D eigenvalue weighted by Gasteiger charge is 2.09. The van der Waals surface area contributed by atoms with E-state index in [1.807, 2.05) is 6.08 Å². The Hall–Kier alpha value is -0.560. The Bertz CT molecular complexity index is 168. The summed E-state index contributed by atoms with van der Waals surface area (Å²) in [5, 5.41) is 0. The van der Waals surface area contributed by atoms with Crippen LogP contribution in [0.25, 0.3) is 0 Å². The predicted octanol–water partition coefficient (Wildman–Crippen LogP) is 2.69. The first kappa shape index (κ1) is 8.54. The molecule has 11 heavy (non-hydrogen) atoms. The highest BCUT2D eigenvalue weighted by Crippen LogP contribution is 2.21. The second kappa shape index (κ2) is 4.35. The molecule has 0 fully saturated rings. The molecule has 0 spiro atoms. The molecule has 1 nitrogen and oxygen atoms in total. The van der Waals surface area contributed by atoms with Gasteiger partial charge in [-0.1, -0.05) is 18.6 Å². The summed E-state index contributed by atoms with van der Waals surface area (Å²) in [6, 6.07) is 0. The third-order valence-electron chi connectivity index (χ3n) is 2.14. The topological polar surface area (TPSA) is 9.23 Å². The number of hydrogen-bond donors (Lipinski definition) is 0. The van der Waals surface area contributed by atoms with Crippen LogP contribution in [0.1, 0.15) is 26.2 Å². The zero-order valence-electron chi connectivity index (χ0n) is 7.23. The van der Waals surface area contributed by atoms with Crippen LogP contribution in [0.3, 0.4) is 0 Å². The zero-order valence-corrected chi connectivity index (χ0v) is 7.23. The van der Waals surface area contributed by atoms with E-state index >= 15 is 0 Å². The molecular weight excluding hydrogens is 136 g/mol. The standard InChI is InChI=1S/C10H16O/c1-3-5-10-6-7-11-8-9(10)4-2/h3H,1,4-8H2,2H3. The van der Waals surface area contributed by atoms with Gasteiger partial charge in [0.05, 0.1) is 13.2 Å². The van der Waals surface area contributed by atoms with Crippen LogP contribution in [0, 0.1) is 0 Å². The Balaban J connectivity index is 2.64. The normalized spacial score (nSPS) is 18.6. The highest BCUT2D eigenvalue weighted by atomic mass is 16.5. The summed E-state index contributed by atoms with van der Waals surface area (Å²) in [6.45, 7) is 7.68. The van der Waals surface area contributed by atoms with Crippen LogP contribution in [0.4, 0.5) is 0 Å². The van der Waals surface area contributed by atoms with Gasteiger partial charge in [-0.15, -0.1) is 6.58 Å². The van der Waals surface area contributed by atoms with Crippen molar-refractivity contribution in [1.82, 2.24) is 0 Å². The lowest BCUT2D eigenvalue weighted by Gasteiger charge is -2.18. The van der Waals surface area contributed by atoms with Crippen LogP contribution in [0.5, 0.6) is 0 Å². The Morgan fingerprint density at radius 1 is 1.55 bits per heavy atom. The van der Waals surface area contributed by atoms with E-state index in [0.29, 0.717) is 0 Å². The molecule has 0 aromatic heterocycles. The molecule has 0 bridgehead atoms. The first-order valence-corrected chi connectivity index (χ1v) is 4.27. The largest absolute Gasteiger partial charge is 0.377 e. The van der Waals surface area contributed by atoms with Crippen LogP contribution < -0.4 is 0 Å². The van der Waals surface area contributed by atoms with Crippen molar-refractivity contribution in [2.24, 2.45) is 0 Å². The molecule has 0 aromatic carbocycles.